The van der Waals surface area contributed by atoms with Gasteiger partial charge >= 0.3 is 0 Å². The fourth-order valence-corrected chi connectivity index (χ4v) is 3.20. The third kappa shape index (κ3) is 5.87. The molecule has 0 saturated carbocycles. The number of benzene rings is 2. The Balaban J connectivity index is 1.45. The maximum absolute atomic E-state index is 12.4. The Bertz CT molecular complexity index is 885. The van der Waals surface area contributed by atoms with Gasteiger partial charge in [-0.15, -0.1) is 0 Å². The van der Waals surface area contributed by atoms with Gasteiger partial charge in [0.2, 0.25) is 0 Å². The van der Waals surface area contributed by atoms with Crippen LogP contribution in [-0.4, -0.2) is 52.3 Å². The minimum Gasteiger partial charge on any atom is -0.497 e. The van der Waals surface area contributed by atoms with Crippen molar-refractivity contribution in [2.24, 2.45) is 0 Å². The molecule has 8 heteroatoms. The maximum atomic E-state index is 12.4. The first-order chi connectivity index (χ1) is 14.4. The number of hydrogen-bond donors (Lipinski definition) is 3. The molecule has 3 N–H and O–H groups in total. The van der Waals surface area contributed by atoms with Gasteiger partial charge < -0.3 is 29.7 Å². The normalized spacial score (nSPS) is 14.4. The van der Waals surface area contributed by atoms with Gasteiger partial charge in [0.05, 0.1) is 20.2 Å². The molecule has 1 aliphatic heterocycles. The van der Waals surface area contributed by atoms with E-state index in [1.54, 1.807) is 31.4 Å². The number of nitrogens with one attached hydrogen (secondary N) is 3. The van der Waals surface area contributed by atoms with Gasteiger partial charge in [0.1, 0.15) is 19.0 Å². The number of quaternary nitrogens is 1. The Morgan fingerprint density at radius 1 is 1.03 bits per heavy atom. The average Bonchev–Trinajstić information content (AvgIpc) is 2.73. The highest BCUT2D eigenvalue weighted by Crippen LogP contribution is 2.32. The summed E-state index contributed by atoms with van der Waals surface area (Å²) in [5.74, 6) is 1.84. The van der Waals surface area contributed by atoms with Crippen LogP contribution < -0.4 is 29.7 Å². The summed E-state index contributed by atoms with van der Waals surface area (Å²) >= 11 is 0. The number of ether oxygens (including phenoxy) is 3. The second-order valence-electron chi connectivity index (χ2n) is 7.28. The third-order valence-corrected chi connectivity index (χ3v) is 4.74. The van der Waals surface area contributed by atoms with Crippen LogP contribution in [0.4, 0.5) is 5.69 Å². The van der Waals surface area contributed by atoms with Crippen LogP contribution in [0.3, 0.4) is 0 Å². The number of rotatable bonds is 8. The number of carbonyl (C=O) groups excluding carboxylic acids is 2. The second kappa shape index (κ2) is 9.98. The van der Waals surface area contributed by atoms with Crippen molar-refractivity contribution in [2.45, 2.75) is 13.0 Å². The molecule has 1 aliphatic rings. The molecule has 0 spiro atoms. The monoisotopic (exact) mass is 414 g/mol. The Kier molecular flexibility index (Phi) is 7.13. The zero-order valence-electron chi connectivity index (χ0n) is 17.5. The lowest BCUT2D eigenvalue weighted by Crippen LogP contribution is -3.11. The molecule has 1 unspecified atom stereocenters. The van der Waals surface area contributed by atoms with Crippen molar-refractivity contribution in [3.8, 4) is 17.2 Å². The predicted molar refractivity (Wildman–Crippen MR) is 112 cm³/mol. The molecule has 0 saturated heterocycles. The van der Waals surface area contributed by atoms with E-state index in [1.807, 2.05) is 32.2 Å². The number of likely N-dealkylation sites (N-methyl/N-ethyl adjacent to an activating group) is 1. The zero-order chi connectivity index (χ0) is 21.5. The molecule has 30 heavy (non-hydrogen) atoms. The van der Waals surface area contributed by atoms with E-state index < -0.39 is 0 Å². The Morgan fingerprint density at radius 3 is 2.40 bits per heavy atom. The molecule has 1 heterocycles. The summed E-state index contributed by atoms with van der Waals surface area (Å²) in [4.78, 5) is 25.4. The first-order valence-corrected chi connectivity index (χ1v) is 9.88. The van der Waals surface area contributed by atoms with Crippen LogP contribution in [0.15, 0.2) is 42.5 Å². The number of hydrogen-bond acceptors (Lipinski definition) is 5. The summed E-state index contributed by atoms with van der Waals surface area (Å²) in [6, 6.07) is 12.6. The van der Waals surface area contributed by atoms with Gasteiger partial charge in [0.25, 0.3) is 11.8 Å². The van der Waals surface area contributed by atoms with Crippen LogP contribution >= 0.6 is 0 Å². The Morgan fingerprint density at radius 2 is 1.70 bits per heavy atom. The van der Waals surface area contributed by atoms with E-state index in [4.69, 9.17) is 14.2 Å². The van der Waals surface area contributed by atoms with E-state index in [0.29, 0.717) is 24.7 Å². The lowest BCUT2D eigenvalue weighted by molar-refractivity contribution is -0.862. The summed E-state index contributed by atoms with van der Waals surface area (Å²) < 4.78 is 16.2. The number of amides is 2. The van der Waals surface area contributed by atoms with Crippen molar-refractivity contribution in [1.29, 1.82) is 0 Å². The fourth-order valence-electron chi connectivity index (χ4n) is 3.20. The largest absolute Gasteiger partial charge is 0.497 e. The molecule has 2 aromatic rings. The van der Waals surface area contributed by atoms with Crippen molar-refractivity contribution < 1.29 is 28.7 Å². The van der Waals surface area contributed by atoms with Gasteiger partial charge in [-0.25, -0.2) is 0 Å². The van der Waals surface area contributed by atoms with E-state index in [0.717, 1.165) is 22.0 Å². The van der Waals surface area contributed by atoms with Crippen molar-refractivity contribution in [3.05, 3.63) is 48.0 Å². The molecule has 0 bridgehead atoms. The van der Waals surface area contributed by atoms with E-state index in [1.165, 1.54) is 0 Å². The van der Waals surface area contributed by atoms with E-state index >= 15 is 0 Å². The lowest BCUT2D eigenvalue weighted by Gasteiger charge is -2.21. The number of methoxy groups -OCH3 is 1. The highest BCUT2D eigenvalue weighted by atomic mass is 16.6. The predicted octanol–water partition coefficient (Wildman–Crippen LogP) is 0.797. The number of carbonyl (C=O) groups is 2. The highest BCUT2D eigenvalue weighted by molar-refractivity contribution is 5.91. The molecule has 2 amide bonds. The maximum Gasteiger partial charge on any atom is 0.279 e. The zero-order valence-corrected chi connectivity index (χ0v) is 17.5. The quantitative estimate of drug-likeness (QED) is 0.595. The van der Waals surface area contributed by atoms with Gasteiger partial charge in [0.15, 0.2) is 24.6 Å². The number of anilines is 1. The van der Waals surface area contributed by atoms with Gasteiger partial charge in [0, 0.05) is 5.69 Å². The topological polar surface area (TPSA) is 90.3 Å². The SMILES string of the molecule is COc1ccc(NC(=O)C[NH+](C)CC(=O)N[C@H](C)c2ccc3c(c2)OCCO3)cc1. The summed E-state index contributed by atoms with van der Waals surface area (Å²) in [7, 11) is 3.40. The molecule has 0 fully saturated rings. The second-order valence-corrected chi connectivity index (χ2v) is 7.28. The van der Waals surface area contributed by atoms with Crippen molar-refractivity contribution in [1.82, 2.24) is 5.32 Å². The molecule has 2 atom stereocenters. The van der Waals surface area contributed by atoms with Crippen LogP contribution in [0, 0.1) is 0 Å². The summed E-state index contributed by atoms with van der Waals surface area (Å²) in [6.07, 6.45) is 0. The minimum absolute atomic E-state index is 0.132. The molecule has 0 radical (unpaired) electrons. The molecular weight excluding hydrogens is 386 g/mol. The van der Waals surface area contributed by atoms with Crippen LogP contribution in [-0.2, 0) is 9.59 Å². The molecule has 0 aliphatic carbocycles. The minimum atomic E-state index is -0.186. The van der Waals surface area contributed by atoms with Gasteiger partial charge in [-0.05, 0) is 48.9 Å². The smallest absolute Gasteiger partial charge is 0.279 e. The lowest BCUT2D eigenvalue weighted by atomic mass is 10.1. The first-order valence-electron chi connectivity index (χ1n) is 9.88. The van der Waals surface area contributed by atoms with E-state index in [2.05, 4.69) is 10.6 Å². The van der Waals surface area contributed by atoms with Crippen molar-refractivity contribution in [2.75, 3.05) is 45.8 Å². The molecule has 2 aromatic carbocycles. The fraction of sp³-hybridized carbons (Fsp3) is 0.364. The van der Waals surface area contributed by atoms with Crippen LogP contribution in [0.25, 0.3) is 0 Å². The standard InChI is InChI=1S/C22H27N3O5/c1-15(16-4-9-19-20(12-16)30-11-10-29-19)23-21(26)13-25(2)14-22(27)24-17-5-7-18(28-3)8-6-17/h4-9,12,15H,10-11,13-14H2,1-3H3,(H,23,26)(H,24,27)/p+1/t15-/m1/s1. The van der Waals surface area contributed by atoms with Gasteiger partial charge in [-0.2, -0.15) is 0 Å². The first kappa shape index (κ1) is 21.4. The molecular formula is C22H28N3O5+. The molecule has 3 rings (SSSR count). The van der Waals surface area contributed by atoms with Gasteiger partial charge in [-0.1, -0.05) is 6.07 Å². The molecule has 160 valence electrons. The molecule has 8 nitrogen and oxygen atoms in total. The third-order valence-electron chi connectivity index (χ3n) is 4.74. The van der Waals surface area contributed by atoms with Crippen LogP contribution in [0.5, 0.6) is 17.2 Å². The van der Waals surface area contributed by atoms with E-state index in [9.17, 15) is 9.59 Å². The highest BCUT2D eigenvalue weighted by Gasteiger charge is 2.18. The van der Waals surface area contributed by atoms with E-state index in [-0.39, 0.29) is 30.9 Å². The summed E-state index contributed by atoms with van der Waals surface area (Å²) in [5, 5.41) is 5.79. The average molecular weight is 414 g/mol. The van der Waals surface area contributed by atoms with Crippen LogP contribution in [0.2, 0.25) is 0 Å². The summed E-state index contributed by atoms with van der Waals surface area (Å²) in [6.45, 7) is 3.33. The van der Waals surface area contributed by atoms with Crippen molar-refractivity contribution >= 4 is 17.5 Å². The van der Waals surface area contributed by atoms with Crippen LogP contribution in [0.1, 0.15) is 18.5 Å². The Labute approximate surface area is 176 Å². The Hall–Kier alpha value is -3.26. The number of fused-ring (bicyclic) bond motifs is 1. The molecule has 0 aromatic heterocycles. The van der Waals surface area contributed by atoms with Gasteiger partial charge in [-0.3, -0.25) is 9.59 Å². The van der Waals surface area contributed by atoms with Crippen molar-refractivity contribution in [3.63, 3.8) is 0 Å². The summed E-state index contributed by atoms with van der Waals surface area (Å²) in [5.41, 5.74) is 1.62.